The molecule has 0 aliphatic rings. The number of thiophene rings is 1. The van der Waals surface area contributed by atoms with Crippen LogP contribution in [0.2, 0.25) is 0 Å². The van der Waals surface area contributed by atoms with Gasteiger partial charge in [-0.3, -0.25) is 0 Å². The van der Waals surface area contributed by atoms with Crippen molar-refractivity contribution >= 4 is 54.5 Å². The zero-order valence-electron chi connectivity index (χ0n) is 10.2. The lowest BCUT2D eigenvalue weighted by atomic mass is 10.2. The van der Waals surface area contributed by atoms with Crippen LogP contribution in [-0.4, -0.2) is 13.4 Å². The molecule has 0 amide bonds. The van der Waals surface area contributed by atoms with E-state index in [1.54, 1.807) is 12.1 Å². The first-order valence-corrected chi connectivity index (χ1v) is 9.08. The van der Waals surface area contributed by atoms with E-state index >= 15 is 0 Å². The second-order valence-corrected chi connectivity index (χ2v) is 7.97. The van der Waals surface area contributed by atoms with Crippen LogP contribution in [0.4, 0.5) is 0 Å². The van der Waals surface area contributed by atoms with E-state index in [4.69, 9.17) is 18.0 Å². The van der Waals surface area contributed by atoms with E-state index in [2.05, 4.69) is 20.7 Å². The molecule has 4 nitrogen and oxygen atoms in total. The Morgan fingerprint density at radius 3 is 2.75 bits per heavy atom. The van der Waals surface area contributed by atoms with Crippen LogP contribution in [0.1, 0.15) is 10.4 Å². The molecule has 0 spiro atoms. The van der Waals surface area contributed by atoms with Crippen LogP contribution in [0.3, 0.4) is 0 Å². The Kier molecular flexibility index (Phi) is 4.92. The number of thiocarbonyl (C=S) groups is 1. The minimum absolute atomic E-state index is 0.149. The van der Waals surface area contributed by atoms with Gasteiger partial charge >= 0.3 is 0 Å². The molecule has 0 bridgehead atoms. The zero-order valence-corrected chi connectivity index (χ0v) is 14.2. The van der Waals surface area contributed by atoms with E-state index in [0.29, 0.717) is 5.56 Å². The van der Waals surface area contributed by atoms with E-state index in [0.717, 1.165) is 9.35 Å². The summed E-state index contributed by atoms with van der Waals surface area (Å²) >= 11 is 9.69. The Morgan fingerprint density at radius 2 is 2.15 bits per heavy atom. The molecular weight excluding hydrogens is 380 g/mol. The average Bonchev–Trinajstić information content (AvgIpc) is 2.82. The number of hydrogen-bond donors (Lipinski definition) is 2. The van der Waals surface area contributed by atoms with Crippen molar-refractivity contribution in [3.63, 3.8) is 0 Å². The molecule has 0 saturated carbocycles. The Bertz CT molecular complexity index is 741. The van der Waals surface area contributed by atoms with Crippen molar-refractivity contribution < 1.29 is 8.42 Å². The second-order valence-electron chi connectivity index (χ2n) is 3.91. The summed E-state index contributed by atoms with van der Waals surface area (Å²) in [6.45, 7) is 0.234. The Morgan fingerprint density at radius 1 is 1.40 bits per heavy atom. The molecule has 1 heterocycles. The van der Waals surface area contributed by atoms with Crippen molar-refractivity contribution in [2.45, 2.75) is 11.4 Å². The minimum Gasteiger partial charge on any atom is -0.389 e. The normalized spacial score (nSPS) is 11.4. The highest BCUT2D eigenvalue weighted by Crippen LogP contribution is 2.23. The van der Waals surface area contributed by atoms with Crippen molar-refractivity contribution in [1.82, 2.24) is 4.72 Å². The maximum Gasteiger partial charge on any atom is 0.240 e. The van der Waals surface area contributed by atoms with Crippen LogP contribution in [0.5, 0.6) is 0 Å². The van der Waals surface area contributed by atoms with Crippen LogP contribution < -0.4 is 10.5 Å². The van der Waals surface area contributed by atoms with E-state index in [-0.39, 0.29) is 16.4 Å². The van der Waals surface area contributed by atoms with Gasteiger partial charge in [-0.15, -0.1) is 11.3 Å². The third-order valence-electron chi connectivity index (χ3n) is 2.54. The fraction of sp³-hybridized carbons (Fsp3) is 0.0833. The van der Waals surface area contributed by atoms with Crippen molar-refractivity contribution in [3.8, 4) is 0 Å². The summed E-state index contributed by atoms with van der Waals surface area (Å²) in [5.41, 5.74) is 6.04. The van der Waals surface area contributed by atoms with Crippen LogP contribution >= 0.6 is 39.5 Å². The third kappa shape index (κ3) is 3.64. The minimum atomic E-state index is -3.59. The average molecular weight is 391 g/mol. The largest absolute Gasteiger partial charge is 0.389 e. The van der Waals surface area contributed by atoms with Gasteiger partial charge in [0.15, 0.2) is 0 Å². The highest BCUT2D eigenvalue weighted by molar-refractivity contribution is 9.10. The first-order valence-electron chi connectivity index (χ1n) is 5.51. The van der Waals surface area contributed by atoms with E-state index in [1.165, 1.54) is 23.5 Å². The molecule has 1 aromatic heterocycles. The molecule has 0 radical (unpaired) electrons. The molecule has 0 unspecified atom stereocenters. The third-order valence-corrected chi connectivity index (χ3v) is 6.10. The van der Waals surface area contributed by atoms with Gasteiger partial charge < -0.3 is 5.73 Å². The van der Waals surface area contributed by atoms with Crippen molar-refractivity contribution in [1.29, 1.82) is 0 Å². The molecule has 106 valence electrons. The number of benzene rings is 1. The predicted octanol–water partition coefficient (Wildman–Crippen LogP) is 2.62. The summed E-state index contributed by atoms with van der Waals surface area (Å²) in [4.78, 5) is 1.23. The molecule has 0 atom stereocenters. The van der Waals surface area contributed by atoms with Gasteiger partial charge in [-0.1, -0.05) is 24.4 Å². The fourth-order valence-electron chi connectivity index (χ4n) is 1.51. The molecule has 0 saturated heterocycles. The van der Waals surface area contributed by atoms with Crippen LogP contribution in [0.25, 0.3) is 0 Å². The lowest BCUT2D eigenvalue weighted by Gasteiger charge is -2.07. The SMILES string of the molecule is NC(=S)c1cccc(S(=O)(=O)NCc2sccc2Br)c1. The zero-order chi connectivity index (χ0) is 14.8. The highest BCUT2D eigenvalue weighted by Gasteiger charge is 2.15. The summed E-state index contributed by atoms with van der Waals surface area (Å²) < 4.78 is 27.9. The van der Waals surface area contributed by atoms with Crippen molar-refractivity contribution in [2.75, 3.05) is 0 Å². The van der Waals surface area contributed by atoms with Gasteiger partial charge in [0, 0.05) is 21.5 Å². The number of nitrogens with two attached hydrogens (primary N) is 1. The van der Waals surface area contributed by atoms with Gasteiger partial charge in [0.1, 0.15) is 4.99 Å². The van der Waals surface area contributed by atoms with Gasteiger partial charge in [-0.25, -0.2) is 13.1 Å². The molecular formula is C12H11BrN2O2S3. The first kappa shape index (κ1) is 15.6. The number of sulfonamides is 1. The molecule has 2 rings (SSSR count). The number of nitrogens with one attached hydrogen (secondary N) is 1. The standard InChI is InChI=1S/C12H11BrN2O2S3/c13-10-4-5-19-11(10)7-15-20(16,17)9-3-1-2-8(6-9)12(14)18/h1-6,15H,7H2,(H2,14,18). The first-order chi connectivity index (χ1) is 9.40. The van der Waals surface area contributed by atoms with Crippen LogP contribution in [0, 0.1) is 0 Å². The second kappa shape index (κ2) is 6.31. The predicted molar refractivity (Wildman–Crippen MR) is 88.4 cm³/mol. The Labute approximate surface area is 135 Å². The lowest BCUT2D eigenvalue weighted by molar-refractivity contribution is 0.581. The summed E-state index contributed by atoms with van der Waals surface area (Å²) in [6.07, 6.45) is 0. The molecule has 2 aromatic rings. The summed E-state index contributed by atoms with van der Waals surface area (Å²) in [5, 5.41) is 1.89. The number of hydrogen-bond acceptors (Lipinski definition) is 4. The molecule has 0 aliphatic carbocycles. The van der Waals surface area contributed by atoms with Crippen LogP contribution in [0.15, 0.2) is 45.1 Å². The maximum absolute atomic E-state index is 12.2. The van der Waals surface area contributed by atoms with Crippen molar-refractivity contribution in [3.05, 3.63) is 50.6 Å². The Balaban J connectivity index is 2.20. The summed E-state index contributed by atoms with van der Waals surface area (Å²) in [5.74, 6) is 0. The molecule has 8 heteroatoms. The molecule has 3 N–H and O–H groups in total. The summed E-state index contributed by atoms with van der Waals surface area (Å²) in [7, 11) is -3.59. The number of halogens is 1. The van der Waals surface area contributed by atoms with E-state index in [9.17, 15) is 8.42 Å². The summed E-state index contributed by atoms with van der Waals surface area (Å²) in [6, 6.07) is 8.14. The van der Waals surface area contributed by atoms with Gasteiger partial charge in [0.2, 0.25) is 10.0 Å². The van der Waals surface area contributed by atoms with Gasteiger partial charge in [-0.05, 0) is 39.5 Å². The molecule has 0 aliphatic heterocycles. The monoisotopic (exact) mass is 390 g/mol. The molecule has 1 aromatic carbocycles. The van der Waals surface area contributed by atoms with E-state index in [1.807, 2.05) is 11.4 Å². The lowest BCUT2D eigenvalue weighted by Crippen LogP contribution is -2.23. The fourth-order valence-corrected chi connectivity index (χ4v) is 4.20. The number of rotatable bonds is 5. The highest BCUT2D eigenvalue weighted by atomic mass is 79.9. The van der Waals surface area contributed by atoms with Gasteiger partial charge in [0.05, 0.1) is 4.90 Å². The van der Waals surface area contributed by atoms with Crippen molar-refractivity contribution in [2.24, 2.45) is 5.73 Å². The van der Waals surface area contributed by atoms with E-state index < -0.39 is 10.0 Å². The Hall–Kier alpha value is -0.800. The maximum atomic E-state index is 12.2. The topological polar surface area (TPSA) is 72.2 Å². The van der Waals surface area contributed by atoms with Gasteiger partial charge in [-0.2, -0.15) is 0 Å². The van der Waals surface area contributed by atoms with Gasteiger partial charge in [0.25, 0.3) is 0 Å². The smallest absolute Gasteiger partial charge is 0.240 e. The molecule has 20 heavy (non-hydrogen) atoms. The van der Waals surface area contributed by atoms with Crippen LogP contribution in [-0.2, 0) is 16.6 Å². The molecule has 0 fully saturated rings. The quantitative estimate of drug-likeness (QED) is 0.769.